The van der Waals surface area contributed by atoms with Crippen LogP contribution in [0.4, 0.5) is 11.8 Å². The Morgan fingerprint density at radius 1 is 1.37 bits per heavy atom. The predicted molar refractivity (Wildman–Crippen MR) is 74.9 cm³/mol. The lowest BCUT2D eigenvalue weighted by Gasteiger charge is -2.08. The zero-order valence-corrected chi connectivity index (χ0v) is 11.3. The van der Waals surface area contributed by atoms with Crippen LogP contribution in [0.25, 0.3) is 11.2 Å². The minimum absolute atomic E-state index is 0.227. The molecule has 0 radical (unpaired) electrons. The lowest BCUT2D eigenvalue weighted by molar-refractivity contribution is 0.0765. The molecular weight excluding hydrogens is 244 g/mol. The first-order chi connectivity index (χ1) is 9.16. The van der Waals surface area contributed by atoms with Gasteiger partial charge in [0.1, 0.15) is 5.52 Å². The van der Waals surface area contributed by atoms with Crippen molar-refractivity contribution in [2.75, 3.05) is 24.2 Å². The van der Waals surface area contributed by atoms with Crippen molar-refractivity contribution in [3.63, 3.8) is 0 Å². The summed E-state index contributed by atoms with van der Waals surface area (Å²) in [5, 5.41) is 3.24. The maximum atomic E-state index is 5.63. The monoisotopic (exact) mass is 264 g/mol. The average molecular weight is 264 g/mol. The summed E-state index contributed by atoms with van der Waals surface area (Å²) in [4.78, 5) is 15.3. The van der Waals surface area contributed by atoms with E-state index in [9.17, 15) is 0 Å². The molecule has 7 nitrogen and oxygen atoms in total. The predicted octanol–water partition coefficient (Wildman–Crippen LogP) is 1.55. The van der Waals surface area contributed by atoms with Gasteiger partial charge in [0, 0.05) is 13.2 Å². The largest absolute Gasteiger partial charge is 0.379 e. The molecule has 0 aliphatic rings. The number of ether oxygens (including phenoxy) is 1. The molecule has 0 spiro atoms. The fourth-order valence-corrected chi connectivity index (χ4v) is 1.73. The zero-order valence-electron chi connectivity index (χ0n) is 11.3. The Hall–Kier alpha value is -1.89. The summed E-state index contributed by atoms with van der Waals surface area (Å²) >= 11 is 0. The quantitative estimate of drug-likeness (QED) is 0.656. The van der Waals surface area contributed by atoms with Crippen molar-refractivity contribution in [3.05, 3.63) is 6.33 Å². The Labute approximate surface area is 112 Å². The van der Waals surface area contributed by atoms with Crippen LogP contribution in [-0.4, -0.2) is 39.2 Å². The highest BCUT2D eigenvalue weighted by Gasteiger charge is 2.07. The van der Waals surface area contributed by atoms with Gasteiger partial charge in [0.25, 0.3) is 0 Å². The van der Waals surface area contributed by atoms with E-state index in [0.717, 1.165) is 31.5 Å². The number of aromatic nitrogens is 4. The highest BCUT2D eigenvalue weighted by Crippen LogP contribution is 2.17. The van der Waals surface area contributed by atoms with Crippen LogP contribution in [0.15, 0.2) is 6.33 Å². The molecule has 0 aromatic carbocycles. The fraction of sp³-hybridized carbons (Fsp3) is 0.583. The number of fused-ring (bicyclic) bond motifs is 1. The first-order valence-corrected chi connectivity index (χ1v) is 6.49. The van der Waals surface area contributed by atoms with Gasteiger partial charge >= 0.3 is 0 Å². The second kappa shape index (κ2) is 6.33. The highest BCUT2D eigenvalue weighted by molar-refractivity contribution is 5.83. The summed E-state index contributed by atoms with van der Waals surface area (Å²) in [6.07, 6.45) is 3.89. The van der Waals surface area contributed by atoms with Gasteiger partial charge in [-0.1, -0.05) is 0 Å². The third-order valence-corrected chi connectivity index (χ3v) is 2.62. The minimum atomic E-state index is 0.227. The van der Waals surface area contributed by atoms with E-state index in [1.807, 2.05) is 13.8 Å². The minimum Gasteiger partial charge on any atom is -0.379 e. The normalized spacial score (nSPS) is 11.3. The van der Waals surface area contributed by atoms with E-state index < -0.39 is 0 Å². The molecule has 0 amide bonds. The number of imidazole rings is 1. The van der Waals surface area contributed by atoms with Crippen LogP contribution in [0.3, 0.4) is 0 Å². The highest BCUT2D eigenvalue weighted by atomic mass is 16.5. The molecule has 2 heterocycles. The smallest absolute Gasteiger partial charge is 0.224 e. The number of unbranched alkanes of at least 4 members (excludes halogenated alkanes) is 1. The van der Waals surface area contributed by atoms with Crippen LogP contribution in [0, 0.1) is 0 Å². The molecule has 2 aromatic rings. The molecule has 2 rings (SSSR count). The molecular formula is C12H20N6O. The van der Waals surface area contributed by atoms with E-state index in [4.69, 9.17) is 10.5 Å². The SMILES string of the molecule is CC(C)OCCCCNc1nc(N)nc2nc[nH]c12. The van der Waals surface area contributed by atoms with Gasteiger partial charge in [0.05, 0.1) is 12.4 Å². The van der Waals surface area contributed by atoms with Gasteiger partial charge in [-0.25, -0.2) is 4.98 Å². The Morgan fingerprint density at radius 3 is 3.00 bits per heavy atom. The summed E-state index contributed by atoms with van der Waals surface area (Å²) < 4.78 is 5.48. The number of nitrogens with one attached hydrogen (secondary N) is 2. The number of hydrogen-bond acceptors (Lipinski definition) is 6. The number of aromatic amines is 1. The summed E-state index contributed by atoms with van der Waals surface area (Å²) in [6.45, 7) is 5.67. The number of nitrogen functional groups attached to an aromatic ring is 1. The van der Waals surface area contributed by atoms with Crippen molar-refractivity contribution in [1.29, 1.82) is 0 Å². The maximum Gasteiger partial charge on any atom is 0.224 e. The number of hydrogen-bond donors (Lipinski definition) is 3. The van der Waals surface area contributed by atoms with Gasteiger partial charge in [-0.3, -0.25) is 0 Å². The summed E-state index contributed by atoms with van der Waals surface area (Å²) in [5.74, 6) is 0.926. The van der Waals surface area contributed by atoms with Crippen LogP contribution < -0.4 is 11.1 Å². The molecule has 7 heteroatoms. The number of H-pyrrole nitrogens is 1. The standard InChI is InChI=1S/C12H20N6O/c1-8(2)19-6-4-3-5-14-10-9-11(16-7-15-9)18-12(13)17-10/h7-8H,3-6H2,1-2H3,(H4,13,14,15,16,17,18). The topological polar surface area (TPSA) is 102 Å². The van der Waals surface area contributed by atoms with Crippen LogP contribution in [0.2, 0.25) is 0 Å². The second-order valence-corrected chi connectivity index (χ2v) is 4.58. The second-order valence-electron chi connectivity index (χ2n) is 4.58. The molecule has 0 fully saturated rings. The van der Waals surface area contributed by atoms with Gasteiger partial charge in [-0.2, -0.15) is 9.97 Å². The van der Waals surface area contributed by atoms with E-state index in [2.05, 4.69) is 25.3 Å². The molecule has 0 atom stereocenters. The van der Waals surface area contributed by atoms with Crippen molar-refractivity contribution in [2.24, 2.45) is 0 Å². The fourth-order valence-electron chi connectivity index (χ4n) is 1.73. The Morgan fingerprint density at radius 2 is 2.21 bits per heavy atom. The van der Waals surface area contributed by atoms with Crippen LogP contribution in [0.1, 0.15) is 26.7 Å². The molecule has 19 heavy (non-hydrogen) atoms. The van der Waals surface area contributed by atoms with Crippen LogP contribution in [-0.2, 0) is 4.74 Å². The van der Waals surface area contributed by atoms with Crippen molar-refractivity contribution >= 4 is 22.9 Å². The molecule has 4 N–H and O–H groups in total. The Balaban J connectivity index is 1.83. The van der Waals surface area contributed by atoms with Gasteiger partial charge < -0.3 is 20.8 Å². The Kier molecular flexibility index (Phi) is 4.51. The molecule has 104 valence electrons. The number of rotatable bonds is 7. The summed E-state index contributed by atoms with van der Waals surface area (Å²) in [6, 6.07) is 0. The van der Waals surface area contributed by atoms with Gasteiger partial charge in [-0.15, -0.1) is 0 Å². The molecule has 0 saturated heterocycles. The molecule has 0 bridgehead atoms. The molecule has 2 aromatic heterocycles. The molecule has 0 aliphatic carbocycles. The first-order valence-electron chi connectivity index (χ1n) is 6.49. The number of anilines is 2. The van der Waals surface area contributed by atoms with E-state index in [1.54, 1.807) is 6.33 Å². The summed E-state index contributed by atoms with van der Waals surface area (Å²) in [5.41, 5.74) is 7.00. The molecule has 0 unspecified atom stereocenters. The third kappa shape index (κ3) is 3.78. The first kappa shape index (κ1) is 13.5. The molecule has 0 saturated carbocycles. The van der Waals surface area contributed by atoms with E-state index in [0.29, 0.717) is 17.6 Å². The lowest BCUT2D eigenvalue weighted by Crippen LogP contribution is -2.09. The maximum absolute atomic E-state index is 5.63. The van der Waals surface area contributed by atoms with E-state index in [-0.39, 0.29) is 5.95 Å². The van der Waals surface area contributed by atoms with Crippen LogP contribution >= 0.6 is 0 Å². The van der Waals surface area contributed by atoms with Crippen molar-refractivity contribution in [1.82, 2.24) is 19.9 Å². The average Bonchev–Trinajstić information content (AvgIpc) is 2.80. The van der Waals surface area contributed by atoms with Crippen molar-refractivity contribution in [2.45, 2.75) is 32.8 Å². The lowest BCUT2D eigenvalue weighted by atomic mass is 10.3. The van der Waals surface area contributed by atoms with Crippen molar-refractivity contribution < 1.29 is 4.74 Å². The van der Waals surface area contributed by atoms with Crippen molar-refractivity contribution in [3.8, 4) is 0 Å². The van der Waals surface area contributed by atoms with Gasteiger partial charge in [-0.05, 0) is 26.7 Å². The summed E-state index contributed by atoms with van der Waals surface area (Å²) in [7, 11) is 0. The Bertz CT molecular complexity index is 524. The van der Waals surface area contributed by atoms with E-state index >= 15 is 0 Å². The van der Waals surface area contributed by atoms with E-state index in [1.165, 1.54) is 0 Å². The van der Waals surface area contributed by atoms with Crippen LogP contribution in [0.5, 0.6) is 0 Å². The van der Waals surface area contributed by atoms with Gasteiger partial charge in [0.15, 0.2) is 11.5 Å². The molecule has 0 aliphatic heterocycles. The zero-order chi connectivity index (χ0) is 13.7. The third-order valence-electron chi connectivity index (χ3n) is 2.62. The van der Waals surface area contributed by atoms with Gasteiger partial charge in [0.2, 0.25) is 5.95 Å². The number of nitrogens with zero attached hydrogens (tertiary/aromatic N) is 3. The number of nitrogens with two attached hydrogens (primary N) is 1.